The van der Waals surface area contributed by atoms with Gasteiger partial charge in [-0.15, -0.1) is 0 Å². The lowest BCUT2D eigenvalue weighted by atomic mass is 9.75. The van der Waals surface area contributed by atoms with E-state index in [9.17, 15) is 22.4 Å². The van der Waals surface area contributed by atoms with Crippen molar-refractivity contribution in [2.75, 3.05) is 0 Å². The Balaban J connectivity index is 0.000000479. The average molecular weight is 468 g/mol. The van der Waals surface area contributed by atoms with Crippen LogP contribution >= 0.6 is 0 Å². The number of carboxylic acid groups (broad SMARTS) is 1. The first-order valence-corrected chi connectivity index (χ1v) is 10.5. The van der Waals surface area contributed by atoms with Gasteiger partial charge < -0.3 is 16.2 Å². The van der Waals surface area contributed by atoms with E-state index in [-0.39, 0.29) is 5.82 Å². The van der Waals surface area contributed by atoms with Gasteiger partial charge in [0.25, 0.3) is 0 Å². The van der Waals surface area contributed by atoms with Crippen LogP contribution in [0.15, 0.2) is 42.5 Å². The average Bonchev–Trinajstić information content (AvgIpc) is 2.73. The lowest BCUT2D eigenvalue weighted by Crippen LogP contribution is -2.35. The van der Waals surface area contributed by atoms with Crippen molar-refractivity contribution in [2.45, 2.75) is 58.3 Å². The molecule has 0 bridgehead atoms. The molecule has 1 fully saturated rings. The maximum absolute atomic E-state index is 14.6. The van der Waals surface area contributed by atoms with Crippen molar-refractivity contribution in [3.8, 4) is 11.1 Å². The van der Waals surface area contributed by atoms with E-state index < -0.39 is 18.1 Å². The SMILES string of the molecule is CC1(C)CCC(NCc2ccc(-c3cccc(C(N)=O)c3)c(F)c2)CC1.O=C(O)C(F)(F)F. The number of hydrogen-bond donors (Lipinski definition) is 3. The van der Waals surface area contributed by atoms with Gasteiger partial charge in [-0.05, 0) is 60.4 Å². The molecule has 0 heterocycles. The Bertz CT molecular complexity index is 980. The number of amides is 1. The van der Waals surface area contributed by atoms with E-state index in [1.54, 1.807) is 36.4 Å². The van der Waals surface area contributed by atoms with Crippen molar-refractivity contribution in [1.82, 2.24) is 5.32 Å². The first kappa shape index (κ1) is 26.3. The Labute approximate surface area is 190 Å². The second-order valence-electron chi connectivity index (χ2n) is 8.88. The molecule has 0 radical (unpaired) electrons. The minimum atomic E-state index is -5.08. The zero-order valence-corrected chi connectivity index (χ0v) is 18.5. The fourth-order valence-corrected chi connectivity index (χ4v) is 3.61. The predicted octanol–water partition coefficient (Wildman–Crippen LogP) is 5.28. The maximum Gasteiger partial charge on any atom is 0.490 e. The molecule has 33 heavy (non-hydrogen) atoms. The van der Waals surface area contributed by atoms with Gasteiger partial charge in [0.1, 0.15) is 5.82 Å². The minimum Gasteiger partial charge on any atom is -0.475 e. The Morgan fingerprint density at radius 3 is 2.24 bits per heavy atom. The second kappa shape index (κ2) is 10.8. The Hall–Kier alpha value is -2.94. The van der Waals surface area contributed by atoms with Crippen molar-refractivity contribution in [2.24, 2.45) is 11.1 Å². The summed E-state index contributed by atoms with van der Waals surface area (Å²) in [4.78, 5) is 20.2. The van der Waals surface area contributed by atoms with E-state index in [1.165, 1.54) is 25.7 Å². The highest BCUT2D eigenvalue weighted by Gasteiger charge is 2.38. The van der Waals surface area contributed by atoms with Crippen molar-refractivity contribution in [1.29, 1.82) is 0 Å². The molecule has 1 amide bonds. The van der Waals surface area contributed by atoms with Gasteiger partial charge >= 0.3 is 12.1 Å². The second-order valence-corrected chi connectivity index (χ2v) is 8.88. The zero-order chi connectivity index (χ0) is 24.8. The molecule has 0 aromatic heterocycles. The fourth-order valence-electron chi connectivity index (χ4n) is 3.61. The van der Waals surface area contributed by atoms with Gasteiger partial charge in [0.15, 0.2) is 0 Å². The molecule has 0 aliphatic heterocycles. The molecule has 4 N–H and O–H groups in total. The van der Waals surface area contributed by atoms with E-state index >= 15 is 0 Å². The number of carboxylic acids is 1. The number of primary amides is 1. The lowest BCUT2D eigenvalue weighted by molar-refractivity contribution is -0.192. The molecule has 0 unspecified atom stereocenters. The molecule has 9 heteroatoms. The van der Waals surface area contributed by atoms with E-state index in [0.717, 1.165) is 5.56 Å². The molecule has 0 atom stereocenters. The summed E-state index contributed by atoms with van der Waals surface area (Å²) in [5, 5.41) is 10.7. The number of nitrogens with one attached hydrogen (secondary N) is 1. The summed E-state index contributed by atoms with van der Waals surface area (Å²) in [6, 6.07) is 12.6. The number of benzene rings is 2. The normalized spacial score (nSPS) is 15.9. The Morgan fingerprint density at radius 1 is 1.12 bits per heavy atom. The highest BCUT2D eigenvalue weighted by molar-refractivity contribution is 5.94. The van der Waals surface area contributed by atoms with Crippen LogP contribution in [0.5, 0.6) is 0 Å². The lowest BCUT2D eigenvalue weighted by Gasteiger charge is -2.34. The topological polar surface area (TPSA) is 92.4 Å². The maximum atomic E-state index is 14.6. The van der Waals surface area contributed by atoms with Crippen LogP contribution in [0.25, 0.3) is 11.1 Å². The number of halogens is 4. The van der Waals surface area contributed by atoms with Gasteiger partial charge in [-0.3, -0.25) is 4.79 Å². The van der Waals surface area contributed by atoms with Gasteiger partial charge in [0.2, 0.25) is 5.91 Å². The highest BCUT2D eigenvalue weighted by Crippen LogP contribution is 2.35. The largest absolute Gasteiger partial charge is 0.490 e. The van der Waals surface area contributed by atoms with E-state index in [2.05, 4.69) is 19.2 Å². The molecular weight excluding hydrogens is 440 g/mol. The monoisotopic (exact) mass is 468 g/mol. The third-order valence-electron chi connectivity index (χ3n) is 5.67. The van der Waals surface area contributed by atoms with E-state index in [0.29, 0.717) is 34.7 Å². The number of carbonyl (C=O) groups excluding carboxylic acids is 1. The van der Waals surface area contributed by atoms with Crippen LogP contribution in [0.4, 0.5) is 17.6 Å². The molecule has 2 aromatic rings. The summed E-state index contributed by atoms with van der Waals surface area (Å²) in [7, 11) is 0. The van der Waals surface area contributed by atoms with Crippen LogP contribution in [0.2, 0.25) is 0 Å². The smallest absolute Gasteiger partial charge is 0.475 e. The fraction of sp³-hybridized carbons (Fsp3) is 0.417. The molecule has 2 aromatic carbocycles. The summed E-state index contributed by atoms with van der Waals surface area (Å²) in [6.07, 6.45) is -0.275. The Morgan fingerprint density at radius 2 is 1.73 bits per heavy atom. The van der Waals surface area contributed by atoms with Crippen LogP contribution in [-0.4, -0.2) is 29.2 Å². The van der Waals surface area contributed by atoms with Gasteiger partial charge in [-0.1, -0.05) is 38.1 Å². The van der Waals surface area contributed by atoms with Crippen LogP contribution in [0.3, 0.4) is 0 Å². The number of alkyl halides is 3. The number of carbonyl (C=O) groups is 2. The molecule has 1 aliphatic carbocycles. The van der Waals surface area contributed by atoms with Crippen LogP contribution < -0.4 is 11.1 Å². The van der Waals surface area contributed by atoms with E-state index in [1.807, 2.05) is 6.07 Å². The standard InChI is InChI=1S/C22H27FN2O.C2HF3O2/c1-22(2)10-8-18(9-11-22)25-14-15-6-7-19(20(23)12-15)16-4-3-5-17(13-16)21(24)26;3-2(4,5)1(6)7/h3-7,12-13,18,25H,8-11,14H2,1-2H3,(H2,24,26);(H,6,7). The van der Waals surface area contributed by atoms with Crippen molar-refractivity contribution in [3.05, 3.63) is 59.4 Å². The molecule has 1 aliphatic rings. The third-order valence-corrected chi connectivity index (χ3v) is 5.67. The van der Waals surface area contributed by atoms with Crippen LogP contribution in [0.1, 0.15) is 55.5 Å². The third kappa shape index (κ3) is 8.16. The van der Waals surface area contributed by atoms with Crippen molar-refractivity contribution >= 4 is 11.9 Å². The number of nitrogens with two attached hydrogens (primary N) is 1. The summed E-state index contributed by atoms with van der Waals surface area (Å²) >= 11 is 0. The molecule has 1 saturated carbocycles. The number of aliphatic carboxylic acids is 1. The molecular formula is C24H28F4N2O3. The van der Waals surface area contributed by atoms with E-state index in [4.69, 9.17) is 15.6 Å². The van der Waals surface area contributed by atoms with Crippen LogP contribution in [-0.2, 0) is 11.3 Å². The first-order valence-electron chi connectivity index (χ1n) is 10.5. The van der Waals surface area contributed by atoms with Gasteiger partial charge in [-0.25, -0.2) is 9.18 Å². The number of hydrogen-bond acceptors (Lipinski definition) is 3. The minimum absolute atomic E-state index is 0.282. The quantitative estimate of drug-likeness (QED) is 0.521. The molecule has 0 spiro atoms. The number of rotatable bonds is 5. The predicted molar refractivity (Wildman–Crippen MR) is 117 cm³/mol. The van der Waals surface area contributed by atoms with Crippen LogP contribution in [0, 0.1) is 11.2 Å². The van der Waals surface area contributed by atoms with Crippen molar-refractivity contribution < 1.29 is 32.3 Å². The first-order chi connectivity index (χ1) is 15.3. The molecule has 180 valence electrons. The summed E-state index contributed by atoms with van der Waals surface area (Å²) < 4.78 is 46.3. The summed E-state index contributed by atoms with van der Waals surface area (Å²) in [5.41, 5.74) is 8.22. The van der Waals surface area contributed by atoms with Gasteiger partial charge in [0, 0.05) is 23.7 Å². The molecule has 0 saturated heterocycles. The Kier molecular flexibility index (Phi) is 8.60. The van der Waals surface area contributed by atoms with Gasteiger partial charge in [-0.2, -0.15) is 13.2 Å². The highest BCUT2D eigenvalue weighted by atomic mass is 19.4. The van der Waals surface area contributed by atoms with Crippen molar-refractivity contribution in [3.63, 3.8) is 0 Å². The zero-order valence-electron chi connectivity index (χ0n) is 18.5. The summed E-state index contributed by atoms with van der Waals surface area (Å²) in [6.45, 7) is 5.32. The molecule has 5 nitrogen and oxygen atoms in total. The van der Waals surface area contributed by atoms with Gasteiger partial charge in [0.05, 0.1) is 0 Å². The molecule has 3 rings (SSSR count). The summed E-state index contributed by atoms with van der Waals surface area (Å²) in [5.74, 6) is -3.55.